The van der Waals surface area contributed by atoms with Crippen LogP contribution in [0.15, 0.2) is 71.6 Å². The first kappa shape index (κ1) is 22.2. The first-order valence-corrected chi connectivity index (χ1v) is 11.3. The van der Waals surface area contributed by atoms with E-state index in [4.69, 9.17) is 23.2 Å². The number of benzene rings is 3. The van der Waals surface area contributed by atoms with Crippen molar-refractivity contribution in [2.45, 2.75) is 18.7 Å². The number of carbonyl (C=O) groups excluding carboxylic acids is 1. The molecule has 0 spiro atoms. The summed E-state index contributed by atoms with van der Waals surface area (Å²) in [6.45, 7) is 3.27. The van der Waals surface area contributed by atoms with Gasteiger partial charge in [-0.3, -0.25) is 9.10 Å². The number of hydrogen-bond donors (Lipinski definition) is 1. The van der Waals surface area contributed by atoms with Gasteiger partial charge < -0.3 is 5.32 Å². The molecule has 156 valence electrons. The maximum Gasteiger partial charge on any atom is 0.264 e. The Kier molecular flexibility index (Phi) is 6.71. The minimum atomic E-state index is -4.05. The third-order valence-electron chi connectivity index (χ3n) is 4.45. The molecule has 0 aromatic heterocycles. The Morgan fingerprint density at radius 1 is 0.933 bits per heavy atom. The summed E-state index contributed by atoms with van der Waals surface area (Å²) >= 11 is 12.2. The van der Waals surface area contributed by atoms with Crippen molar-refractivity contribution in [1.29, 1.82) is 0 Å². The van der Waals surface area contributed by atoms with E-state index in [-0.39, 0.29) is 20.6 Å². The zero-order valence-corrected chi connectivity index (χ0v) is 18.7. The van der Waals surface area contributed by atoms with E-state index in [2.05, 4.69) is 5.32 Å². The highest BCUT2D eigenvalue weighted by atomic mass is 35.5. The third kappa shape index (κ3) is 5.14. The lowest BCUT2D eigenvalue weighted by Gasteiger charge is -2.24. The Morgan fingerprint density at radius 2 is 1.53 bits per heavy atom. The second-order valence-corrected chi connectivity index (χ2v) is 9.55. The number of hydrogen-bond acceptors (Lipinski definition) is 3. The van der Waals surface area contributed by atoms with Gasteiger partial charge in [-0.2, -0.15) is 0 Å². The Morgan fingerprint density at radius 3 is 2.13 bits per heavy atom. The normalized spacial score (nSPS) is 11.2. The van der Waals surface area contributed by atoms with E-state index in [9.17, 15) is 13.2 Å². The average Bonchev–Trinajstić information content (AvgIpc) is 2.67. The highest BCUT2D eigenvalue weighted by Crippen LogP contribution is 2.30. The molecule has 0 aliphatic rings. The number of nitrogens with one attached hydrogen (secondary N) is 1. The smallest absolute Gasteiger partial charge is 0.264 e. The number of para-hydroxylation sites is 1. The van der Waals surface area contributed by atoms with E-state index in [1.54, 1.807) is 24.3 Å². The predicted octanol–water partition coefficient (Wildman–Crippen LogP) is 5.44. The van der Waals surface area contributed by atoms with Crippen molar-refractivity contribution in [3.05, 3.63) is 87.9 Å². The maximum absolute atomic E-state index is 13.4. The molecule has 0 atom stereocenters. The van der Waals surface area contributed by atoms with Crippen LogP contribution in [0.1, 0.15) is 11.1 Å². The molecular formula is C22H20Cl2N2O3S. The van der Waals surface area contributed by atoms with Crippen LogP contribution in [0.5, 0.6) is 0 Å². The molecule has 0 unspecified atom stereocenters. The number of aryl methyl sites for hydroxylation is 2. The minimum absolute atomic E-state index is 0.0629. The van der Waals surface area contributed by atoms with Crippen molar-refractivity contribution in [3.63, 3.8) is 0 Å². The molecule has 3 rings (SSSR count). The van der Waals surface area contributed by atoms with E-state index >= 15 is 0 Å². The van der Waals surface area contributed by atoms with Crippen LogP contribution in [-0.4, -0.2) is 20.9 Å². The van der Waals surface area contributed by atoms with Gasteiger partial charge in [-0.05, 0) is 55.8 Å². The van der Waals surface area contributed by atoms with Crippen molar-refractivity contribution in [3.8, 4) is 0 Å². The summed E-state index contributed by atoms with van der Waals surface area (Å²) in [6, 6.07) is 18.1. The Bertz CT molecular complexity index is 1160. The minimum Gasteiger partial charge on any atom is -0.324 e. The fourth-order valence-electron chi connectivity index (χ4n) is 2.87. The van der Waals surface area contributed by atoms with Crippen LogP contribution in [0.2, 0.25) is 10.0 Å². The molecular weight excluding hydrogens is 443 g/mol. The molecule has 0 saturated heterocycles. The molecule has 0 aliphatic carbocycles. The highest BCUT2D eigenvalue weighted by Gasteiger charge is 2.28. The SMILES string of the molecule is Cc1ccc(S(=O)(=O)N(CC(=O)Nc2ccccc2C)c2cc(Cl)cc(Cl)c2)cc1. The Hall–Kier alpha value is -2.54. The van der Waals surface area contributed by atoms with E-state index < -0.39 is 22.5 Å². The van der Waals surface area contributed by atoms with E-state index in [0.29, 0.717) is 5.69 Å². The van der Waals surface area contributed by atoms with E-state index in [1.165, 1.54) is 30.3 Å². The van der Waals surface area contributed by atoms with Gasteiger partial charge in [0.15, 0.2) is 0 Å². The van der Waals surface area contributed by atoms with Gasteiger partial charge in [-0.1, -0.05) is 59.1 Å². The van der Waals surface area contributed by atoms with Crippen LogP contribution >= 0.6 is 23.2 Å². The summed E-state index contributed by atoms with van der Waals surface area (Å²) in [4.78, 5) is 12.8. The number of carbonyl (C=O) groups is 1. The van der Waals surface area contributed by atoms with Crippen molar-refractivity contribution in [2.75, 3.05) is 16.2 Å². The average molecular weight is 463 g/mol. The molecule has 5 nitrogen and oxygen atoms in total. The molecule has 8 heteroatoms. The third-order valence-corrected chi connectivity index (χ3v) is 6.68. The standard InChI is InChI=1S/C22H20Cl2N2O3S/c1-15-7-9-20(10-8-15)30(28,29)26(19-12-17(23)11-18(24)13-19)14-22(27)25-21-6-4-3-5-16(21)2/h3-13H,14H2,1-2H3,(H,25,27). The second kappa shape index (κ2) is 9.08. The second-order valence-electron chi connectivity index (χ2n) is 6.82. The van der Waals surface area contributed by atoms with E-state index in [1.807, 2.05) is 26.0 Å². The zero-order chi connectivity index (χ0) is 21.9. The summed E-state index contributed by atoms with van der Waals surface area (Å²) in [5.74, 6) is -0.490. The molecule has 0 saturated carbocycles. The largest absolute Gasteiger partial charge is 0.324 e. The number of amides is 1. The van der Waals surface area contributed by atoms with Gasteiger partial charge in [0.05, 0.1) is 10.6 Å². The predicted molar refractivity (Wildman–Crippen MR) is 122 cm³/mol. The van der Waals surface area contributed by atoms with Crippen LogP contribution in [0.25, 0.3) is 0 Å². The number of anilines is 2. The lowest BCUT2D eigenvalue weighted by molar-refractivity contribution is -0.114. The van der Waals surface area contributed by atoms with Crippen LogP contribution in [-0.2, 0) is 14.8 Å². The van der Waals surface area contributed by atoms with Crippen molar-refractivity contribution in [1.82, 2.24) is 0 Å². The van der Waals surface area contributed by atoms with Crippen molar-refractivity contribution in [2.24, 2.45) is 0 Å². The fourth-order valence-corrected chi connectivity index (χ4v) is 4.79. The molecule has 1 N–H and O–H groups in total. The first-order valence-electron chi connectivity index (χ1n) is 9.08. The number of halogens is 2. The summed E-state index contributed by atoms with van der Waals surface area (Å²) < 4.78 is 27.8. The first-order chi connectivity index (χ1) is 14.2. The molecule has 1 amide bonds. The number of sulfonamides is 1. The lowest BCUT2D eigenvalue weighted by Crippen LogP contribution is -2.38. The Labute approximate surface area is 186 Å². The summed E-state index contributed by atoms with van der Waals surface area (Å²) in [6.07, 6.45) is 0. The topological polar surface area (TPSA) is 66.5 Å². The molecule has 0 aliphatic heterocycles. The molecule has 0 fully saturated rings. The molecule has 0 radical (unpaired) electrons. The van der Waals surface area contributed by atoms with Crippen LogP contribution < -0.4 is 9.62 Å². The quantitative estimate of drug-likeness (QED) is 0.529. The summed E-state index contributed by atoms with van der Waals surface area (Å²) in [7, 11) is -4.05. The zero-order valence-electron chi connectivity index (χ0n) is 16.4. The molecule has 30 heavy (non-hydrogen) atoms. The summed E-state index contributed by atoms with van der Waals surface area (Å²) in [5, 5.41) is 3.29. The molecule has 3 aromatic rings. The summed E-state index contributed by atoms with van der Waals surface area (Å²) in [5.41, 5.74) is 2.60. The molecule has 0 heterocycles. The lowest BCUT2D eigenvalue weighted by atomic mass is 10.2. The number of rotatable bonds is 6. The van der Waals surface area contributed by atoms with Gasteiger partial charge in [-0.15, -0.1) is 0 Å². The van der Waals surface area contributed by atoms with Gasteiger partial charge >= 0.3 is 0 Å². The van der Waals surface area contributed by atoms with E-state index in [0.717, 1.165) is 15.4 Å². The van der Waals surface area contributed by atoms with Gasteiger partial charge in [-0.25, -0.2) is 8.42 Å². The monoisotopic (exact) mass is 462 g/mol. The number of nitrogens with zero attached hydrogens (tertiary/aromatic N) is 1. The van der Waals surface area contributed by atoms with Crippen LogP contribution in [0, 0.1) is 13.8 Å². The van der Waals surface area contributed by atoms with Crippen molar-refractivity contribution < 1.29 is 13.2 Å². The Balaban J connectivity index is 2.00. The highest BCUT2D eigenvalue weighted by molar-refractivity contribution is 7.92. The van der Waals surface area contributed by atoms with Gasteiger partial charge in [0, 0.05) is 15.7 Å². The maximum atomic E-state index is 13.4. The van der Waals surface area contributed by atoms with Crippen LogP contribution in [0.4, 0.5) is 11.4 Å². The van der Waals surface area contributed by atoms with Gasteiger partial charge in [0.1, 0.15) is 6.54 Å². The van der Waals surface area contributed by atoms with Crippen molar-refractivity contribution >= 4 is 50.5 Å². The van der Waals surface area contributed by atoms with Gasteiger partial charge in [0.25, 0.3) is 10.0 Å². The fraction of sp³-hybridized carbons (Fsp3) is 0.136. The van der Waals surface area contributed by atoms with Gasteiger partial charge in [0.2, 0.25) is 5.91 Å². The molecule has 3 aromatic carbocycles. The van der Waals surface area contributed by atoms with Crippen LogP contribution in [0.3, 0.4) is 0 Å². The molecule has 0 bridgehead atoms.